The van der Waals surface area contributed by atoms with Gasteiger partial charge in [-0.1, -0.05) is 57.9 Å². The van der Waals surface area contributed by atoms with E-state index in [0.29, 0.717) is 0 Å². The summed E-state index contributed by atoms with van der Waals surface area (Å²) in [5.41, 5.74) is 1.34. The lowest BCUT2D eigenvalue weighted by Gasteiger charge is -2.13. The number of hydrogen-bond acceptors (Lipinski definition) is 2. The number of allylic oxidation sites excluding steroid dienone is 1. The summed E-state index contributed by atoms with van der Waals surface area (Å²) in [5, 5.41) is 0.751. The average molecular weight is 300 g/mol. The molecule has 0 amide bonds. The molecular weight excluding hydrogens is 267 g/mol. The van der Waals surface area contributed by atoms with E-state index >= 15 is 0 Å². The predicted octanol–water partition coefficient (Wildman–Crippen LogP) is 6.68. The van der Waals surface area contributed by atoms with Crippen molar-refractivity contribution in [2.75, 3.05) is 11.5 Å². The van der Waals surface area contributed by atoms with Gasteiger partial charge in [-0.15, -0.1) is 6.58 Å². The van der Waals surface area contributed by atoms with Crippen LogP contribution < -0.4 is 0 Å². The fraction of sp³-hybridized carbons (Fsp3) is 0.875. The lowest BCUT2D eigenvalue weighted by atomic mass is 9.95. The van der Waals surface area contributed by atoms with Crippen molar-refractivity contribution in [1.82, 2.24) is 0 Å². The topological polar surface area (TPSA) is 0 Å². The Morgan fingerprint density at radius 1 is 0.842 bits per heavy atom. The summed E-state index contributed by atoms with van der Waals surface area (Å²) in [5.74, 6) is 2.67. The molecule has 3 heteroatoms. The molecule has 0 atom stereocenters. The van der Waals surface area contributed by atoms with Gasteiger partial charge in [0, 0.05) is 0 Å². The molecule has 0 aromatic carbocycles. The Morgan fingerprint density at radius 3 is 1.68 bits per heavy atom. The fourth-order valence-electron chi connectivity index (χ4n) is 1.94. The summed E-state index contributed by atoms with van der Waals surface area (Å²) < 4.78 is 0. The zero-order valence-electron chi connectivity index (χ0n) is 13.4. The largest absolute Gasteiger partial charge is 0.277 e. The van der Waals surface area contributed by atoms with E-state index < -0.39 is 0 Å². The van der Waals surface area contributed by atoms with Gasteiger partial charge in [0.1, 0.15) is 0 Å². The fourth-order valence-corrected chi connectivity index (χ4v) is 4.97. The molecule has 19 heavy (non-hydrogen) atoms. The van der Waals surface area contributed by atoms with Crippen LogP contribution in [-0.2, 0) is 0 Å². The molecule has 0 aliphatic heterocycles. The van der Waals surface area contributed by atoms with Crippen LogP contribution in [0.4, 0.5) is 0 Å². The van der Waals surface area contributed by atoms with Crippen molar-refractivity contribution in [2.24, 2.45) is 0 Å². The summed E-state index contributed by atoms with van der Waals surface area (Å²) in [4.78, 5) is 0. The minimum Gasteiger partial charge on any atom is -0.195 e. The quantitative estimate of drug-likeness (QED) is 0.199. The summed E-state index contributed by atoms with van der Waals surface area (Å²) in [7, 11) is 0. The maximum atomic E-state index is 4.08. The highest BCUT2D eigenvalue weighted by Gasteiger charge is 2.14. The maximum Gasteiger partial charge on any atom is 0.277 e. The van der Waals surface area contributed by atoms with Crippen LogP contribution in [0.2, 0.25) is 6.32 Å². The molecule has 0 aliphatic carbocycles. The third-order valence-electron chi connectivity index (χ3n) is 3.12. The number of hydrogen-bond donors (Lipinski definition) is 0. The summed E-state index contributed by atoms with van der Waals surface area (Å²) in [6.07, 6.45) is 12.3. The highest BCUT2D eigenvalue weighted by atomic mass is 32.2. The first-order valence-electron chi connectivity index (χ1n) is 8.08. The molecule has 0 spiro atoms. The van der Waals surface area contributed by atoms with E-state index in [2.05, 4.69) is 50.6 Å². The normalized spacial score (nSPS) is 10.7. The summed E-state index contributed by atoms with van der Waals surface area (Å²) >= 11 is 4.33. The Morgan fingerprint density at radius 2 is 1.32 bits per heavy atom. The van der Waals surface area contributed by atoms with Crippen LogP contribution in [0.25, 0.3) is 0 Å². The highest BCUT2D eigenvalue weighted by Crippen LogP contribution is 2.27. The van der Waals surface area contributed by atoms with Gasteiger partial charge in [0.15, 0.2) is 0 Å². The van der Waals surface area contributed by atoms with Crippen molar-refractivity contribution >= 4 is 28.5 Å². The molecular formula is C16H33BS2. The van der Waals surface area contributed by atoms with Crippen molar-refractivity contribution < 1.29 is 0 Å². The molecule has 0 heterocycles. The number of rotatable bonds is 14. The van der Waals surface area contributed by atoms with Gasteiger partial charge in [-0.3, -0.25) is 0 Å². The van der Waals surface area contributed by atoms with Gasteiger partial charge in [0.05, 0.1) is 0 Å². The molecule has 0 rings (SSSR count). The molecule has 112 valence electrons. The molecule has 0 saturated carbocycles. The van der Waals surface area contributed by atoms with E-state index in [1.807, 2.05) is 0 Å². The van der Waals surface area contributed by atoms with Crippen LogP contribution in [0.5, 0.6) is 0 Å². The van der Waals surface area contributed by atoms with Gasteiger partial charge in [-0.25, -0.2) is 0 Å². The lowest BCUT2D eigenvalue weighted by Crippen LogP contribution is -2.06. The molecule has 0 aromatic heterocycles. The van der Waals surface area contributed by atoms with Gasteiger partial charge < -0.3 is 0 Å². The van der Waals surface area contributed by atoms with Crippen LogP contribution in [0.1, 0.15) is 72.1 Å². The highest BCUT2D eigenvalue weighted by molar-refractivity contribution is 8.54. The van der Waals surface area contributed by atoms with Crippen molar-refractivity contribution in [1.29, 1.82) is 0 Å². The van der Waals surface area contributed by atoms with Gasteiger partial charge in [-0.2, -0.15) is 23.2 Å². The van der Waals surface area contributed by atoms with Gasteiger partial charge >= 0.3 is 0 Å². The van der Waals surface area contributed by atoms with E-state index in [0.717, 1.165) is 5.27 Å². The molecule has 0 saturated heterocycles. The van der Waals surface area contributed by atoms with Crippen molar-refractivity contribution in [3.63, 3.8) is 0 Å². The van der Waals surface area contributed by atoms with Gasteiger partial charge in [-0.05, 0) is 37.6 Å². The van der Waals surface area contributed by atoms with Crippen LogP contribution in [0, 0.1) is 0 Å². The van der Waals surface area contributed by atoms with E-state index in [4.69, 9.17) is 0 Å². The predicted molar refractivity (Wildman–Crippen MR) is 98.6 cm³/mol. The number of unbranched alkanes of at least 4 members (excludes halogenated alkanes) is 6. The Balaban J connectivity index is 3.66. The smallest absolute Gasteiger partial charge is 0.195 e. The molecule has 0 fully saturated rings. The molecule has 0 unspecified atom stereocenters. The molecule has 0 aliphatic rings. The zero-order valence-corrected chi connectivity index (χ0v) is 15.0. The first kappa shape index (κ1) is 19.5. The average Bonchev–Trinajstić information content (AvgIpc) is 2.37. The van der Waals surface area contributed by atoms with Crippen molar-refractivity contribution in [3.8, 4) is 0 Å². The second kappa shape index (κ2) is 14.9. The van der Waals surface area contributed by atoms with Crippen LogP contribution >= 0.6 is 23.2 Å². The standard InChI is InChI=1S/C16H33BS2/c1-5-7-9-11-13-18-17(15-16(3)4)19-14-12-10-8-6-2/h3,5-15H2,1-2,4H3. The molecule has 0 radical (unpaired) electrons. The Hall–Kier alpha value is 0.505. The maximum absolute atomic E-state index is 4.08. The van der Waals surface area contributed by atoms with Crippen molar-refractivity contribution in [2.45, 2.75) is 78.5 Å². The minimum absolute atomic E-state index is 0.751. The second-order valence-corrected chi connectivity index (χ2v) is 8.37. The first-order chi connectivity index (χ1) is 9.20. The van der Waals surface area contributed by atoms with Crippen LogP contribution in [-0.4, -0.2) is 16.8 Å². The lowest BCUT2D eigenvalue weighted by molar-refractivity contribution is 0.707. The Bertz CT molecular complexity index is 193. The Kier molecular flexibility index (Phi) is 15.3. The zero-order chi connectivity index (χ0) is 14.3. The first-order valence-corrected chi connectivity index (χ1v) is 10.2. The molecule has 0 N–H and O–H groups in total. The van der Waals surface area contributed by atoms with Crippen LogP contribution in [0.15, 0.2) is 12.2 Å². The van der Waals surface area contributed by atoms with Crippen molar-refractivity contribution in [3.05, 3.63) is 12.2 Å². The summed E-state index contributed by atoms with van der Waals surface area (Å²) in [6.45, 7) is 10.8. The van der Waals surface area contributed by atoms with Gasteiger partial charge in [0.25, 0.3) is 5.27 Å². The second-order valence-electron chi connectivity index (χ2n) is 5.45. The van der Waals surface area contributed by atoms with E-state index in [1.165, 1.54) is 74.8 Å². The summed E-state index contributed by atoms with van der Waals surface area (Å²) in [6, 6.07) is 0. The van der Waals surface area contributed by atoms with E-state index in [9.17, 15) is 0 Å². The molecule has 0 bridgehead atoms. The SMILES string of the molecule is C=C(C)CB(SCCCCCC)SCCCCCC. The van der Waals surface area contributed by atoms with E-state index in [1.54, 1.807) is 0 Å². The molecule has 0 aromatic rings. The van der Waals surface area contributed by atoms with Gasteiger partial charge in [0.2, 0.25) is 0 Å². The third kappa shape index (κ3) is 14.7. The monoisotopic (exact) mass is 300 g/mol. The molecule has 0 nitrogen and oxygen atoms in total. The Labute approximate surface area is 130 Å². The van der Waals surface area contributed by atoms with E-state index in [-0.39, 0.29) is 0 Å². The minimum atomic E-state index is 0.751. The van der Waals surface area contributed by atoms with Crippen LogP contribution in [0.3, 0.4) is 0 Å². The third-order valence-corrected chi connectivity index (χ3v) is 6.06.